The van der Waals surface area contributed by atoms with Crippen molar-refractivity contribution in [1.29, 1.82) is 0 Å². The molecule has 1 aromatic heterocycles. The molecule has 2 N–H and O–H groups in total. The molecule has 0 aliphatic rings. The number of anilines is 1. The topological polar surface area (TPSA) is 51.8 Å². The van der Waals surface area contributed by atoms with E-state index in [1.807, 2.05) is 24.4 Å². The van der Waals surface area contributed by atoms with Crippen LogP contribution in [-0.2, 0) is 0 Å². The van der Waals surface area contributed by atoms with Gasteiger partial charge in [0.1, 0.15) is 6.33 Å². The summed E-state index contributed by atoms with van der Waals surface area (Å²) >= 11 is 0. The molecule has 3 heteroatoms. The molecule has 3 aromatic carbocycles. The van der Waals surface area contributed by atoms with Crippen LogP contribution in [0.15, 0.2) is 55.0 Å². The van der Waals surface area contributed by atoms with Gasteiger partial charge in [-0.05, 0) is 40.4 Å². The van der Waals surface area contributed by atoms with Crippen LogP contribution in [0, 0.1) is 0 Å². The third-order valence-corrected chi connectivity index (χ3v) is 3.54. The van der Waals surface area contributed by atoms with Crippen LogP contribution in [0.2, 0.25) is 0 Å². The van der Waals surface area contributed by atoms with Crippen molar-refractivity contribution in [3.05, 3.63) is 55.0 Å². The van der Waals surface area contributed by atoms with E-state index in [-0.39, 0.29) is 0 Å². The van der Waals surface area contributed by atoms with Gasteiger partial charge in [-0.2, -0.15) is 0 Å². The Morgan fingerprint density at radius 1 is 0.842 bits per heavy atom. The lowest BCUT2D eigenvalue weighted by atomic mass is 10.00. The zero-order valence-electron chi connectivity index (χ0n) is 10.2. The number of fused-ring (bicyclic) bond motifs is 4. The van der Waals surface area contributed by atoms with Gasteiger partial charge in [0.2, 0.25) is 0 Å². The maximum absolute atomic E-state index is 6.04. The van der Waals surface area contributed by atoms with Gasteiger partial charge in [0.05, 0.1) is 5.52 Å². The summed E-state index contributed by atoms with van der Waals surface area (Å²) in [6.45, 7) is 0. The van der Waals surface area contributed by atoms with Crippen LogP contribution in [0.1, 0.15) is 0 Å². The second-order valence-electron chi connectivity index (χ2n) is 4.66. The monoisotopic (exact) mass is 245 g/mol. The SMILES string of the molecule is Nc1cccc2cc3c(ccc4ncncc43)cc12. The van der Waals surface area contributed by atoms with Gasteiger partial charge < -0.3 is 5.73 Å². The molecule has 0 fully saturated rings. The number of nitrogen functional groups attached to an aromatic ring is 1. The zero-order valence-corrected chi connectivity index (χ0v) is 10.2. The fourth-order valence-corrected chi connectivity index (χ4v) is 2.59. The summed E-state index contributed by atoms with van der Waals surface area (Å²) in [5.41, 5.74) is 7.81. The predicted molar refractivity (Wildman–Crippen MR) is 79.0 cm³/mol. The van der Waals surface area contributed by atoms with Crippen molar-refractivity contribution >= 4 is 38.1 Å². The highest BCUT2D eigenvalue weighted by Crippen LogP contribution is 2.30. The summed E-state index contributed by atoms with van der Waals surface area (Å²) in [7, 11) is 0. The van der Waals surface area contributed by atoms with Crippen molar-refractivity contribution in [1.82, 2.24) is 9.97 Å². The highest BCUT2D eigenvalue weighted by Gasteiger charge is 2.04. The number of benzene rings is 3. The second-order valence-corrected chi connectivity index (χ2v) is 4.66. The summed E-state index contributed by atoms with van der Waals surface area (Å²) in [4.78, 5) is 8.42. The Kier molecular flexibility index (Phi) is 1.97. The number of rotatable bonds is 0. The van der Waals surface area contributed by atoms with Crippen LogP contribution in [0.3, 0.4) is 0 Å². The van der Waals surface area contributed by atoms with E-state index in [9.17, 15) is 0 Å². The van der Waals surface area contributed by atoms with Crippen molar-refractivity contribution in [3.63, 3.8) is 0 Å². The summed E-state index contributed by atoms with van der Waals surface area (Å²) in [6, 6.07) is 14.4. The molecule has 0 spiro atoms. The van der Waals surface area contributed by atoms with Crippen LogP contribution in [0.4, 0.5) is 5.69 Å². The van der Waals surface area contributed by atoms with Crippen LogP contribution >= 0.6 is 0 Å². The summed E-state index contributed by atoms with van der Waals surface area (Å²) < 4.78 is 0. The van der Waals surface area contributed by atoms with Crippen LogP contribution in [0.25, 0.3) is 32.4 Å². The molecule has 0 bridgehead atoms. The Balaban J connectivity index is 2.26. The van der Waals surface area contributed by atoms with Gasteiger partial charge in [-0.3, -0.25) is 0 Å². The number of aromatic nitrogens is 2. The van der Waals surface area contributed by atoms with Crippen molar-refractivity contribution in [2.24, 2.45) is 0 Å². The smallest absolute Gasteiger partial charge is 0.116 e. The van der Waals surface area contributed by atoms with Crippen LogP contribution in [-0.4, -0.2) is 9.97 Å². The Hall–Kier alpha value is -2.68. The van der Waals surface area contributed by atoms with Gasteiger partial charge in [-0.15, -0.1) is 0 Å². The Morgan fingerprint density at radius 3 is 2.63 bits per heavy atom. The zero-order chi connectivity index (χ0) is 12.8. The maximum atomic E-state index is 6.04. The highest BCUT2D eigenvalue weighted by molar-refractivity contribution is 6.12. The van der Waals surface area contributed by atoms with E-state index in [2.05, 4.69) is 34.2 Å². The normalized spacial score (nSPS) is 11.4. The van der Waals surface area contributed by atoms with E-state index in [1.165, 1.54) is 0 Å². The summed E-state index contributed by atoms with van der Waals surface area (Å²) in [6.07, 6.45) is 3.44. The third kappa shape index (κ3) is 1.45. The largest absolute Gasteiger partial charge is 0.398 e. The standard InChI is InChI=1S/C16H11N3/c17-15-3-1-2-10-6-12-11(7-13(10)15)4-5-16-14(12)8-18-9-19-16/h1-9H,17H2. The van der Waals surface area contributed by atoms with E-state index in [0.29, 0.717) is 0 Å². The lowest BCUT2D eigenvalue weighted by Gasteiger charge is -2.07. The molecule has 19 heavy (non-hydrogen) atoms. The maximum Gasteiger partial charge on any atom is 0.116 e. The third-order valence-electron chi connectivity index (χ3n) is 3.54. The second kappa shape index (κ2) is 3.65. The first kappa shape index (κ1) is 10.3. The molecule has 0 amide bonds. The van der Waals surface area contributed by atoms with Crippen molar-refractivity contribution in [2.45, 2.75) is 0 Å². The lowest BCUT2D eigenvalue weighted by molar-refractivity contribution is 1.23. The molecule has 90 valence electrons. The Morgan fingerprint density at radius 2 is 1.68 bits per heavy atom. The molecule has 0 aliphatic carbocycles. The lowest BCUT2D eigenvalue weighted by Crippen LogP contribution is -1.88. The molecule has 3 nitrogen and oxygen atoms in total. The minimum absolute atomic E-state index is 0.809. The fourth-order valence-electron chi connectivity index (χ4n) is 2.59. The number of nitrogens with two attached hydrogens (primary N) is 1. The molecular formula is C16H11N3. The van der Waals surface area contributed by atoms with E-state index >= 15 is 0 Å². The number of nitrogens with zero attached hydrogens (tertiary/aromatic N) is 2. The van der Waals surface area contributed by atoms with Gasteiger partial charge in [0.25, 0.3) is 0 Å². The quantitative estimate of drug-likeness (QED) is 0.293. The Labute approximate surface area is 109 Å². The predicted octanol–water partition coefficient (Wildman–Crippen LogP) is 3.52. The van der Waals surface area contributed by atoms with E-state index < -0.39 is 0 Å². The average molecular weight is 245 g/mol. The first-order valence-electron chi connectivity index (χ1n) is 6.13. The first-order chi connectivity index (χ1) is 9.33. The Bertz CT molecular complexity index is 929. The van der Waals surface area contributed by atoms with E-state index in [4.69, 9.17) is 5.73 Å². The summed E-state index contributed by atoms with van der Waals surface area (Å²) in [5.74, 6) is 0. The molecular weight excluding hydrogens is 234 g/mol. The van der Waals surface area contributed by atoms with Gasteiger partial charge >= 0.3 is 0 Å². The number of hydrogen-bond donors (Lipinski definition) is 1. The van der Waals surface area contributed by atoms with E-state index in [0.717, 1.165) is 38.1 Å². The molecule has 0 saturated heterocycles. The van der Waals surface area contributed by atoms with E-state index in [1.54, 1.807) is 6.33 Å². The van der Waals surface area contributed by atoms with Crippen molar-refractivity contribution in [2.75, 3.05) is 5.73 Å². The van der Waals surface area contributed by atoms with Crippen LogP contribution in [0.5, 0.6) is 0 Å². The molecule has 0 radical (unpaired) electrons. The fraction of sp³-hybridized carbons (Fsp3) is 0. The average Bonchev–Trinajstić information content (AvgIpc) is 2.46. The molecule has 4 aromatic rings. The summed E-state index contributed by atoms with van der Waals surface area (Å²) in [5, 5.41) is 5.63. The van der Waals surface area contributed by atoms with Gasteiger partial charge in [-0.1, -0.05) is 18.2 Å². The minimum atomic E-state index is 0.809. The van der Waals surface area contributed by atoms with Crippen molar-refractivity contribution < 1.29 is 0 Å². The molecule has 0 unspecified atom stereocenters. The highest BCUT2D eigenvalue weighted by atomic mass is 14.8. The molecule has 0 atom stereocenters. The number of hydrogen-bond acceptors (Lipinski definition) is 3. The van der Waals surface area contributed by atoms with Gasteiger partial charge in [-0.25, -0.2) is 9.97 Å². The van der Waals surface area contributed by atoms with Gasteiger partial charge in [0.15, 0.2) is 0 Å². The van der Waals surface area contributed by atoms with Crippen LogP contribution < -0.4 is 5.73 Å². The minimum Gasteiger partial charge on any atom is -0.398 e. The molecule has 0 aliphatic heterocycles. The first-order valence-corrected chi connectivity index (χ1v) is 6.13. The molecule has 1 heterocycles. The molecule has 4 rings (SSSR count). The van der Waals surface area contributed by atoms with Crippen molar-refractivity contribution in [3.8, 4) is 0 Å². The molecule has 0 saturated carbocycles. The van der Waals surface area contributed by atoms with Gasteiger partial charge in [0, 0.05) is 22.7 Å².